The summed E-state index contributed by atoms with van der Waals surface area (Å²) in [5.74, 6) is 0.880. The molecule has 0 amide bonds. The predicted octanol–water partition coefficient (Wildman–Crippen LogP) is 3.61. The molecular formula is C16H28O3Si. The van der Waals surface area contributed by atoms with Crippen LogP contribution in [0.2, 0.25) is 25.7 Å². The van der Waals surface area contributed by atoms with E-state index in [4.69, 9.17) is 14.6 Å². The highest BCUT2D eigenvalue weighted by Gasteiger charge is 2.12. The Morgan fingerprint density at radius 2 is 1.95 bits per heavy atom. The topological polar surface area (TPSA) is 38.7 Å². The molecule has 114 valence electrons. The number of ether oxygens (including phenoxy) is 2. The summed E-state index contributed by atoms with van der Waals surface area (Å²) in [6, 6.07) is 7.33. The molecule has 0 aliphatic carbocycles. The maximum absolute atomic E-state index is 8.84. The lowest BCUT2D eigenvalue weighted by Gasteiger charge is -2.16. The zero-order chi connectivity index (χ0) is 15.0. The molecule has 0 radical (unpaired) electrons. The van der Waals surface area contributed by atoms with Gasteiger partial charge in [0.2, 0.25) is 0 Å². The average molecular weight is 296 g/mol. The van der Waals surface area contributed by atoms with Crippen molar-refractivity contribution in [2.45, 2.75) is 45.5 Å². The van der Waals surface area contributed by atoms with Crippen molar-refractivity contribution < 1.29 is 14.6 Å². The molecule has 0 unspecified atom stereocenters. The molecule has 0 spiro atoms. The van der Waals surface area contributed by atoms with E-state index in [1.807, 2.05) is 13.0 Å². The van der Waals surface area contributed by atoms with E-state index in [9.17, 15) is 0 Å². The number of rotatable bonds is 9. The Morgan fingerprint density at radius 1 is 1.20 bits per heavy atom. The van der Waals surface area contributed by atoms with Crippen LogP contribution in [0.5, 0.6) is 5.75 Å². The number of aliphatic hydroxyl groups is 1. The van der Waals surface area contributed by atoms with Crippen molar-refractivity contribution in [2.75, 3.05) is 20.0 Å². The lowest BCUT2D eigenvalue weighted by Crippen LogP contribution is -2.22. The minimum absolute atomic E-state index is 0.238. The molecule has 1 N–H and O–H groups in total. The van der Waals surface area contributed by atoms with Crippen LogP contribution in [0.25, 0.3) is 0 Å². The summed E-state index contributed by atoms with van der Waals surface area (Å²) in [7, 11) is -1.02. The van der Waals surface area contributed by atoms with Gasteiger partial charge in [0.1, 0.15) is 5.75 Å². The van der Waals surface area contributed by atoms with E-state index in [0.29, 0.717) is 6.79 Å². The maximum Gasteiger partial charge on any atom is 0.189 e. The van der Waals surface area contributed by atoms with Crippen LogP contribution in [-0.4, -0.2) is 33.2 Å². The summed E-state index contributed by atoms with van der Waals surface area (Å²) in [6.07, 6.45) is 1.71. The van der Waals surface area contributed by atoms with Gasteiger partial charge < -0.3 is 14.6 Å². The Labute approximate surface area is 123 Å². The molecule has 0 saturated heterocycles. The number of aryl methyl sites for hydroxylation is 2. The molecule has 0 aliphatic rings. The first-order chi connectivity index (χ1) is 9.42. The maximum atomic E-state index is 8.84. The molecule has 0 atom stereocenters. The third-order valence-electron chi connectivity index (χ3n) is 3.16. The van der Waals surface area contributed by atoms with E-state index in [2.05, 4.69) is 31.8 Å². The van der Waals surface area contributed by atoms with Gasteiger partial charge >= 0.3 is 0 Å². The van der Waals surface area contributed by atoms with E-state index in [1.165, 1.54) is 5.56 Å². The normalized spacial score (nSPS) is 11.7. The summed E-state index contributed by atoms with van der Waals surface area (Å²) < 4.78 is 11.2. The summed E-state index contributed by atoms with van der Waals surface area (Å²) in [4.78, 5) is 0. The third kappa shape index (κ3) is 7.08. The Balaban J connectivity index is 2.33. The molecule has 4 heteroatoms. The first-order valence-electron chi connectivity index (χ1n) is 7.33. The van der Waals surface area contributed by atoms with Gasteiger partial charge in [-0.1, -0.05) is 31.8 Å². The van der Waals surface area contributed by atoms with Crippen LogP contribution in [0, 0.1) is 6.92 Å². The fraction of sp³-hybridized carbons (Fsp3) is 0.625. The second-order valence-electron chi connectivity index (χ2n) is 6.41. The number of hydrogen-bond donors (Lipinski definition) is 1. The number of benzene rings is 1. The standard InChI is InChI=1S/C16H28O3Si/c1-14-12-15(6-5-9-17)7-8-16(14)19-13-18-10-11-20(2,3)4/h7-8,12,17H,5-6,9-11,13H2,1-4H3. The van der Waals surface area contributed by atoms with Crippen LogP contribution < -0.4 is 4.74 Å². The Bertz CT molecular complexity index is 399. The Kier molecular flexibility index (Phi) is 7.27. The highest BCUT2D eigenvalue weighted by molar-refractivity contribution is 6.76. The predicted molar refractivity (Wildman–Crippen MR) is 86.2 cm³/mol. The van der Waals surface area contributed by atoms with Crippen LogP contribution in [0.3, 0.4) is 0 Å². The monoisotopic (exact) mass is 296 g/mol. The van der Waals surface area contributed by atoms with Crippen molar-refractivity contribution >= 4 is 8.07 Å². The van der Waals surface area contributed by atoms with Gasteiger partial charge in [0.15, 0.2) is 6.79 Å². The van der Waals surface area contributed by atoms with Gasteiger partial charge in [-0.05, 0) is 43.0 Å². The van der Waals surface area contributed by atoms with Gasteiger partial charge in [0.05, 0.1) is 0 Å². The largest absolute Gasteiger partial charge is 0.467 e. The summed E-state index contributed by atoms with van der Waals surface area (Å²) in [5.41, 5.74) is 2.36. The minimum atomic E-state index is -1.02. The fourth-order valence-electron chi connectivity index (χ4n) is 1.85. The van der Waals surface area contributed by atoms with E-state index in [1.54, 1.807) is 0 Å². The first kappa shape index (κ1) is 17.2. The van der Waals surface area contributed by atoms with Gasteiger partial charge in [-0.25, -0.2) is 0 Å². The van der Waals surface area contributed by atoms with Crippen molar-refractivity contribution in [3.8, 4) is 5.75 Å². The van der Waals surface area contributed by atoms with Gasteiger partial charge in [0, 0.05) is 21.3 Å². The Morgan fingerprint density at radius 3 is 2.55 bits per heavy atom. The van der Waals surface area contributed by atoms with Gasteiger partial charge in [-0.15, -0.1) is 0 Å². The van der Waals surface area contributed by atoms with E-state index in [0.717, 1.165) is 36.8 Å². The summed E-state index contributed by atoms with van der Waals surface area (Å²) in [6.45, 7) is 10.4. The zero-order valence-electron chi connectivity index (χ0n) is 13.2. The van der Waals surface area contributed by atoms with Crippen LogP contribution in [0.15, 0.2) is 18.2 Å². The molecule has 20 heavy (non-hydrogen) atoms. The molecule has 0 saturated carbocycles. The quantitative estimate of drug-likeness (QED) is 0.430. The van der Waals surface area contributed by atoms with Crippen molar-refractivity contribution in [1.82, 2.24) is 0 Å². The van der Waals surface area contributed by atoms with Crippen LogP contribution >= 0.6 is 0 Å². The van der Waals surface area contributed by atoms with Crippen molar-refractivity contribution in [1.29, 1.82) is 0 Å². The smallest absolute Gasteiger partial charge is 0.189 e. The Hall–Kier alpha value is -0.843. The van der Waals surface area contributed by atoms with E-state index in [-0.39, 0.29) is 6.61 Å². The van der Waals surface area contributed by atoms with Crippen LogP contribution in [0.4, 0.5) is 0 Å². The average Bonchev–Trinajstić information content (AvgIpc) is 2.36. The van der Waals surface area contributed by atoms with Gasteiger partial charge in [-0.2, -0.15) is 0 Å². The molecule has 0 aromatic heterocycles. The number of hydrogen-bond acceptors (Lipinski definition) is 3. The zero-order valence-corrected chi connectivity index (χ0v) is 14.2. The molecule has 0 bridgehead atoms. The second-order valence-corrected chi connectivity index (χ2v) is 12.0. The minimum Gasteiger partial charge on any atom is -0.467 e. The van der Waals surface area contributed by atoms with Crippen molar-refractivity contribution in [3.63, 3.8) is 0 Å². The molecule has 0 heterocycles. The van der Waals surface area contributed by atoms with Crippen LogP contribution in [-0.2, 0) is 11.2 Å². The van der Waals surface area contributed by atoms with E-state index >= 15 is 0 Å². The molecule has 1 rings (SSSR count). The third-order valence-corrected chi connectivity index (χ3v) is 4.86. The molecule has 3 nitrogen and oxygen atoms in total. The highest BCUT2D eigenvalue weighted by atomic mass is 28.3. The molecular weight excluding hydrogens is 268 g/mol. The second kappa shape index (κ2) is 8.45. The molecule has 1 aromatic carbocycles. The summed E-state index contributed by atoms with van der Waals surface area (Å²) >= 11 is 0. The van der Waals surface area contributed by atoms with Crippen molar-refractivity contribution in [3.05, 3.63) is 29.3 Å². The summed E-state index contributed by atoms with van der Waals surface area (Å²) in [5, 5.41) is 8.84. The van der Waals surface area contributed by atoms with Gasteiger partial charge in [0.25, 0.3) is 0 Å². The lowest BCUT2D eigenvalue weighted by molar-refractivity contribution is 0.0216. The van der Waals surface area contributed by atoms with Crippen molar-refractivity contribution in [2.24, 2.45) is 0 Å². The first-order valence-corrected chi connectivity index (χ1v) is 11.0. The van der Waals surface area contributed by atoms with Gasteiger partial charge in [-0.3, -0.25) is 0 Å². The molecule has 0 fully saturated rings. The fourth-order valence-corrected chi connectivity index (χ4v) is 2.61. The number of aliphatic hydroxyl groups excluding tert-OH is 1. The highest BCUT2D eigenvalue weighted by Crippen LogP contribution is 2.20. The lowest BCUT2D eigenvalue weighted by atomic mass is 10.1. The SMILES string of the molecule is Cc1cc(CCCO)ccc1OCOCC[Si](C)(C)C. The molecule has 1 aromatic rings. The molecule has 0 aliphatic heterocycles. The van der Waals surface area contributed by atoms with E-state index < -0.39 is 8.07 Å². The van der Waals surface area contributed by atoms with Crippen LogP contribution in [0.1, 0.15) is 17.5 Å².